The Kier molecular flexibility index (Phi) is 4.90. The summed E-state index contributed by atoms with van der Waals surface area (Å²) in [6, 6.07) is 15.8. The molecule has 2 aromatic carbocycles. The quantitative estimate of drug-likeness (QED) is 0.410. The largest absolute Gasteiger partial charge is 0.351 e. The zero-order valence-corrected chi connectivity index (χ0v) is 16.8. The lowest BCUT2D eigenvalue weighted by atomic mass is 10.2. The van der Waals surface area contributed by atoms with Crippen molar-refractivity contribution in [1.29, 1.82) is 0 Å². The Morgan fingerprint density at radius 3 is 2.63 bits per heavy atom. The van der Waals surface area contributed by atoms with Crippen LogP contribution < -0.4 is 5.32 Å². The number of benzene rings is 2. The third-order valence-electron chi connectivity index (χ3n) is 4.72. The Bertz CT molecular complexity index is 1280. The zero-order valence-electron chi connectivity index (χ0n) is 16.0. The molecule has 7 nitrogen and oxygen atoms in total. The van der Waals surface area contributed by atoms with Gasteiger partial charge in [0.05, 0.1) is 21.3 Å². The third-order valence-corrected chi connectivity index (χ3v) is 5.77. The molecular formula is C22H18N6OS. The van der Waals surface area contributed by atoms with Crippen LogP contribution in [0.15, 0.2) is 60.9 Å². The number of fused-ring (bicyclic) bond motifs is 2. The number of rotatable bonds is 6. The first-order valence-electron chi connectivity index (χ1n) is 9.67. The summed E-state index contributed by atoms with van der Waals surface area (Å²) in [6.45, 7) is 0.520. The molecule has 0 aliphatic carbocycles. The number of aromatic amines is 1. The summed E-state index contributed by atoms with van der Waals surface area (Å²) in [4.78, 5) is 33.9. The van der Waals surface area contributed by atoms with Gasteiger partial charge in [0.2, 0.25) is 0 Å². The number of amides is 1. The van der Waals surface area contributed by atoms with Gasteiger partial charge in [0.1, 0.15) is 16.5 Å². The molecule has 0 bridgehead atoms. The van der Waals surface area contributed by atoms with Crippen molar-refractivity contribution in [3.05, 3.63) is 72.4 Å². The van der Waals surface area contributed by atoms with Gasteiger partial charge >= 0.3 is 0 Å². The number of hydrogen-bond acceptors (Lipinski definition) is 6. The number of nitrogens with zero attached hydrogens (tertiary/aromatic N) is 4. The number of aryl methyl sites for hydroxylation is 1. The van der Waals surface area contributed by atoms with Crippen molar-refractivity contribution in [2.75, 3.05) is 6.54 Å². The molecule has 1 amide bonds. The normalized spacial score (nSPS) is 11.2. The molecule has 0 unspecified atom stereocenters. The van der Waals surface area contributed by atoms with E-state index in [1.165, 1.54) is 17.5 Å². The predicted octanol–water partition coefficient (Wildman–Crippen LogP) is 3.99. The van der Waals surface area contributed by atoms with Crippen molar-refractivity contribution in [2.45, 2.75) is 12.8 Å². The fourth-order valence-corrected chi connectivity index (χ4v) is 4.26. The number of H-pyrrole nitrogens is 1. The van der Waals surface area contributed by atoms with Crippen molar-refractivity contribution in [3.8, 4) is 10.7 Å². The molecule has 2 N–H and O–H groups in total. The Morgan fingerprint density at radius 1 is 0.967 bits per heavy atom. The first kappa shape index (κ1) is 18.4. The molecule has 0 saturated heterocycles. The average Bonchev–Trinajstić information content (AvgIpc) is 3.40. The lowest BCUT2D eigenvalue weighted by molar-refractivity contribution is 0.0948. The van der Waals surface area contributed by atoms with Crippen molar-refractivity contribution in [2.24, 2.45) is 0 Å². The minimum absolute atomic E-state index is 0.248. The molecule has 0 atom stereocenters. The van der Waals surface area contributed by atoms with Crippen LogP contribution in [-0.4, -0.2) is 37.4 Å². The molecule has 3 heterocycles. The highest BCUT2D eigenvalue weighted by molar-refractivity contribution is 7.21. The van der Waals surface area contributed by atoms with E-state index < -0.39 is 0 Å². The summed E-state index contributed by atoms with van der Waals surface area (Å²) < 4.78 is 1.05. The second kappa shape index (κ2) is 8.00. The van der Waals surface area contributed by atoms with Crippen LogP contribution in [0.4, 0.5) is 0 Å². The van der Waals surface area contributed by atoms with Gasteiger partial charge in [-0.25, -0.2) is 19.9 Å². The number of carbonyl (C=O) groups is 1. The van der Waals surface area contributed by atoms with Crippen LogP contribution >= 0.6 is 11.3 Å². The lowest BCUT2D eigenvalue weighted by Gasteiger charge is -2.06. The van der Waals surface area contributed by atoms with E-state index in [-0.39, 0.29) is 5.91 Å². The number of nitrogens with one attached hydrogen (secondary N) is 2. The molecule has 0 fully saturated rings. The van der Waals surface area contributed by atoms with Gasteiger partial charge in [0.15, 0.2) is 5.69 Å². The van der Waals surface area contributed by atoms with Crippen LogP contribution in [0.25, 0.3) is 32.0 Å². The van der Waals surface area contributed by atoms with Crippen LogP contribution in [0.1, 0.15) is 22.7 Å². The summed E-state index contributed by atoms with van der Waals surface area (Å²) in [7, 11) is 0. The second-order valence-corrected chi connectivity index (χ2v) is 7.83. The van der Waals surface area contributed by atoms with Crippen molar-refractivity contribution < 1.29 is 4.79 Å². The van der Waals surface area contributed by atoms with E-state index in [4.69, 9.17) is 0 Å². The Morgan fingerprint density at radius 2 is 1.77 bits per heavy atom. The molecular weight excluding hydrogens is 396 g/mol. The summed E-state index contributed by atoms with van der Waals surface area (Å²) in [5.41, 5.74) is 3.67. The van der Waals surface area contributed by atoms with Gasteiger partial charge in [-0.3, -0.25) is 4.79 Å². The molecule has 148 valence electrons. The van der Waals surface area contributed by atoms with Crippen molar-refractivity contribution >= 4 is 38.5 Å². The van der Waals surface area contributed by atoms with E-state index in [2.05, 4.69) is 30.2 Å². The van der Waals surface area contributed by atoms with Gasteiger partial charge in [-0.15, -0.1) is 11.3 Å². The predicted molar refractivity (Wildman–Crippen MR) is 117 cm³/mol. The smallest absolute Gasteiger partial charge is 0.272 e. The fourth-order valence-electron chi connectivity index (χ4n) is 3.30. The Labute approximate surface area is 176 Å². The number of aromatic nitrogens is 5. The SMILES string of the molecule is O=C(NCCCc1nc2ccccc2[nH]1)c1nccnc1-c1nc2ccccc2s1. The molecule has 0 radical (unpaired) electrons. The highest BCUT2D eigenvalue weighted by Gasteiger charge is 2.18. The molecule has 0 aliphatic heterocycles. The number of para-hydroxylation sites is 3. The maximum atomic E-state index is 12.7. The molecule has 30 heavy (non-hydrogen) atoms. The van der Waals surface area contributed by atoms with Gasteiger partial charge in [-0.05, 0) is 30.7 Å². The first-order valence-corrected chi connectivity index (χ1v) is 10.5. The molecule has 5 aromatic rings. The molecule has 0 saturated carbocycles. The minimum Gasteiger partial charge on any atom is -0.351 e. The number of hydrogen-bond donors (Lipinski definition) is 2. The molecule has 3 aromatic heterocycles. The monoisotopic (exact) mass is 414 g/mol. The minimum atomic E-state index is -0.248. The van der Waals surface area contributed by atoms with Crippen LogP contribution in [-0.2, 0) is 6.42 Å². The number of imidazole rings is 1. The van der Waals surface area contributed by atoms with E-state index >= 15 is 0 Å². The number of carbonyl (C=O) groups excluding carboxylic acids is 1. The van der Waals surface area contributed by atoms with Gasteiger partial charge in [0, 0.05) is 25.4 Å². The molecule has 8 heteroatoms. The average molecular weight is 414 g/mol. The van der Waals surface area contributed by atoms with Gasteiger partial charge in [-0.1, -0.05) is 24.3 Å². The first-order chi connectivity index (χ1) is 14.8. The van der Waals surface area contributed by atoms with Gasteiger partial charge in [0.25, 0.3) is 5.91 Å². The Balaban J connectivity index is 1.26. The zero-order chi connectivity index (χ0) is 20.3. The van der Waals surface area contributed by atoms with Crippen molar-refractivity contribution in [1.82, 2.24) is 30.2 Å². The highest BCUT2D eigenvalue weighted by atomic mass is 32.1. The molecule has 0 aliphatic rings. The summed E-state index contributed by atoms with van der Waals surface area (Å²) in [5, 5.41) is 3.63. The second-order valence-electron chi connectivity index (χ2n) is 6.80. The van der Waals surface area contributed by atoms with Crippen LogP contribution in [0, 0.1) is 0 Å². The molecule has 0 spiro atoms. The van der Waals surface area contributed by atoms with E-state index in [0.717, 1.165) is 39.9 Å². The van der Waals surface area contributed by atoms with Gasteiger partial charge < -0.3 is 10.3 Å². The standard InChI is InChI=1S/C22H18N6OS/c29-21(25-11-5-10-18-26-14-6-1-2-7-15(14)27-18)19-20(24-13-12-23-19)22-28-16-8-3-4-9-17(16)30-22/h1-4,6-9,12-13H,5,10-11H2,(H,25,29)(H,26,27). The van der Waals surface area contributed by atoms with Crippen molar-refractivity contribution in [3.63, 3.8) is 0 Å². The maximum Gasteiger partial charge on any atom is 0.272 e. The Hall–Kier alpha value is -3.65. The fraction of sp³-hybridized carbons (Fsp3) is 0.136. The van der Waals surface area contributed by atoms with Gasteiger partial charge in [-0.2, -0.15) is 0 Å². The van der Waals surface area contributed by atoms with Crippen LogP contribution in [0.5, 0.6) is 0 Å². The molecule has 5 rings (SSSR count). The summed E-state index contributed by atoms with van der Waals surface area (Å²) >= 11 is 1.50. The summed E-state index contributed by atoms with van der Waals surface area (Å²) in [5.74, 6) is 0.669. The van der Waals surface area contributed by atoms with E-state index in [0.29, 0.717) is 22.9 Å². The highest BCUT2D eigenvalue weighted by Crippen LogP contribution is 2.30. The van der Waals surface area contributed by atoms with E-state index in [1.807, 2.05) is 48.5 Å². The summed E-state index contributed by atoms with van der Waals surface area (Å²) in [6.07, 6.45) is 4.63. The third kappa shape index (κ3) is 3.65. The van der Waals surface area contributed by atoms with Crippen LogP contribution in [0.2, 0.25) is 0 Å². The van der Waals surface area contributed by atoms with E-state index in [9.17, 15) is 4.79 Å². The van der Waals surface area contributed by atoms with E-state index in [1.54, 1.807) is 6.20 Å². The van der Waals surface area contributed by atoms with Crippen LogP contribution in [0.3, 0.4) is 0 Å². The topological polar surface area (TPSA) is 96.5 Å². The lowest BCUT2D eigenvalue weighted by Crippen LogP contribution is -2.26. The number of thiazole rings is 1. The maximum absolute atomic E-state index is 12.7.